The number of nitrogens with zero attached hydrogens (tertiary/aromatic N) is 3. The molecule has 8 heteroatoms. The Hall–Kier alpha value is -2.28. The van der Waals surface area contributed by atoms with E-state index >= 15 is 0 Å². The number of halogens is 2. The minimum atomic E-state index is 0. The summed E-state index contributed by atoms with van der Waals surface area (Å²) in [6.07, 6.45) is 2.10. The van der Waals surface area contributed by atoms with Gasteiger partial charge in [0.25, 0.3) is 0 Å². The van der Waals surface area contributed by atoms with Crippen molar-refractivity contribution in [2.45, 2.75) is 39.0 Å². The molecule has 0 radical (unpaired) electrons. The maximum absolute atomic E-state index is 13.1. The number of imidazole rings is 1. The van der Waals surface area contributed by atoms with Gasteiger partial charge in [-0.25, -0.2) is 4.98 Å². The van der Waals surface area contributed by atoms with Gasteiger partial charge < -0.3 is 19.9 Å². The van der Waals surface area contributed by atoms with Crippen LogP contribution in [0.1, 0.15) is 25.6 Å². The molecule has 0 bridgehead atoms. The van der Waals surface area contributed by atoms with E-state index in [2.05, 4.69) is 0 Å². The number of carbonyl (C=O) groups is 1. The van der Waals surface area contributed by atoms with Crippen LogP contribution in [-0.2, 0) is 17.9 Å². The van der Waals surface area contributed by atoms with Crippen molar-refractivity contribution in [3.8, 4) is 5.75 Å². The Labute approximate surface area is 195 Å². The molecule has 4 rings (SSSR count). The van der Waals surface area contributed by atoms with Gasteiger partial charge in [0.15, 0.2) is 0 Å². The van der Waals surface area contributed by atoms with Crippen molar-refractivity contribution in [1.29, 1.82) is 0 Å². The van der Waals surface area contributed by atoms with Gasteiger partial charge in [0.05, 0.1) is 11.0 Å². The van der Waals surface area contributed by atoms with Crippen LogP contribution >= 0.6 is 24.8 Å². The first kappa shape index (κ1) is 25.0. The molecule has 1 amide bonds. The van der Waals surface area contributed by atoms with Crippen LogP contribution in [0.4, 0.5) is 0 Å². The summed E-state index contributed by atoms with van der Waals surface area (Å²) in [6, 6.07) is 17.7. The van der Waals surface area contributed by atoms with Gasteiger partial charge in [0.2, 0.25) is 5.91 Å². The first-order valence-corrected chi connectivity index (χ1v) is 10.3. The number of amides is 1. The number of nitrogens with two attached hydrogens (primary N) is 1. The van der Waals surface area contributed by atoms with E-state index in [1.54, 1.807) is 0 Å². The first-order valence-electron chi connectivity index (χ1n) is 10.3. The van der Waals surface area contributed by atoms with Gasteiger partial charge in [0.1, 0.15) is 24.7 Å². The second-order valence-electron chi connectivity index (χ2n) is 7.81. The van der Waals surface area contributed by atoms with E-state index in [4.69, 9.17) is 15.5 Å². The minimum Gasteiger partial charge on any atom is -0.486 e. The fourth-order valence-corrected chi connectivity index (χ4v) is 3.98. The van der Waals surface area contributed by atoms with Gasteiger partial charge in [-0.05, 0) is 49.9 Å². The molecule has 2 atom stereocenters. The number of hydrogen-bond acceptors (Lipinski definition) is 4. The molecule has 0 saturated carbocycles. The topological polar surface area (TPSA) is 73.4 Å². The van der Waals surface area contributed by atoms with E-state index in [0.29, 0.717) is 12.5 Å². The van der Waals surface area contributed by atoms with Crippen LogP contribution in [-0.4, -0.2) is 39.5 Å². The van der Waals surface area contributed by atoms with Crippen molar-refractivity contribution in [1.82, 2.24) is 14.5 Å². The highest BCUT2D eigenvalue weighted by molar-refractivity contribution is 5.85. The fraction of sp³-hybridized carbons (Fsp3) is 0.391. The van der Waals surface area contributed by atoms with E-state index in [1.165, 1.54) is 0 Å². The van der Waals surface area contributed by atoms with Crippen LogP contribution < -0.4 is 10.5 Å². The van der Waals surface area contributed by atoms with Gasteiger partial charge in [0, 0.05) is 19.1 Å². The molecule has 1 saturated heterocycles. The molecule has 0 aliphatic carbocycles. The molecule has 1 aliphatic rings. The second-order valence-corrected chi connectivity index (χ2v) is 7.81. The molecule has 1 aliphatic heterocycles. The number of rotatable bonds is 6. The van der Waals surface area contributed by atoms with Crippen LogP contribution in [0.2, 0.25) is 0 Å². The van der Waals surface area contributed by atoms with E-state index in [9.17, 15) is 4.79 Å². The molecule has 2 N–H and O–H groups in total. The number of fused-ring (bicyclic) bond motifs is 1. The molecule has 2 heterocycles. The third-order valence-corrected chi connectivity index (χ3v) is 5.69. The zero-order valence-electron chi connectivity index (χ0n) is 17.6. The standard InChI is InChI=1S/C23H28N4O2.2ClH/c1-17(24)18-8-7-13-26(14-18)23(28)15-27-21-12-6-5-11-20(21)25-22(27)16-29-19-9-3-2-4-10-19;;/h2-6,9-12,17-18H,7-8,13-16,24H2,1H3;2*1H. The Kier molecular flexibility index (Phi) is 9.16. The number of benzene rings is 2. The lowest BCUT2D eigenvalue weighted by molar-refractivity contribution is -0.133. The van der Waals surface area contributed by atoms with Crippen molar-refractivity contribution in [2.75, 3.05) is 13.1 Å². The summed E-state index contributed by atoms with van der Waals surface area (Å²) in [5, 5.41) is 0. The van der Waals surface area contributed by atoms with E-state index in [-0.39, 0.29) is 43.3 Å². The highest BCUT2D eigenvalue weighted by Gasteiger charge is 2.26. The smallest absolute Gasteiger partial charge is 0.242 e. The Bertz CT molecular complexity index is 978. The zero-order valence-corrected chi connectivity index (χ0v) is 19.3. The van der Waals surface area contributed by atoms with Crippen LogP contribution in [0.3, 0.4) is 0 Å². The Morgan fingerprint density at radius 3 is 2.61 bits per heavy atom. The molecule has 1 fully saturated rings. The third-order valence-electron chi connectivity index (χ3n) is 5.69. The molecule has 0 spiro atoms. The highest BCUT2D eigenvalue weighted by atomic mass is 35.5. The van der Waals surface area contributed by atoms with E-state index < -0.39 is 0 Å². The van der Waals surface area contributed by atoms with Crippen molar-refractivity contribution in [2.24, 2.45) is 11.7 Å². The van der Waals surface area contributed by atoms with Crippen molar-refractivity contribution in [3.63, 3.8) is 0 Å². The summed E-state index contributed by atoms with van der Waals surface area (Å²) in [5.74, 6) is 2.02. The van der Waals surface area contributed by atoms with E-state index in [1.807, 2.05) is 71.0 Å². The Balaban J connectivity index is 0.00000171. The quantitative estimate of drug-likeness (QED) is 0.596. The predicted octanol–water partition coefficient (Wildman–Crippen LogP) is 4.04. The Morgan fingerprint density at radius 1 is 1.16 bits per heavy atom. The van der Waals surface area contributed by atoms with Crippen molar-refractivity contribution >= 4 is 41.8 Å². The summed E-state index contributed by atoms with van der Waals surface area (Å²) in [6.45, 7) is 4.14. The van der Waals surface area contributed by atoms with Crippen LogP contribution in [0.15, 0.2) is 54.6 Å². The number of piperidine rings is 1. The zero-order chi connectivity index (χ0) is 20.2. The largest absolute Gasteiger partial charge is 0.486 e. The molecular formula is C23H30Cl2N4O2. The summed E-state index contributed by atoms with van der Waals surface area (Å²) in [4.78, 5) is 19.8. The lowest BCUT2D eigenvalue weighted by Gasteiger charge is -2.34. The maximum atomic E-state index is 13.1. The number of aromatic nitrogens is 2. The highest BCUT2D eigenvalue weighted by Crippen LogP contribution is 2.22. The molecular weight excluding hydrogens is 435 g/mol. The number of hydrogen-bond donors (Lipinski definition) is 1. The summed E-state index contributed by atoms with van der Waals surface area (Å²) in [7, 11) is 0. The first-order chi connectivity index (χ1) is 14.1. The number of para-hydroxylation sites is 3. The number of ether oxygens (including phenoxy) is 1. The van der Waals surface area contributed by atoms with Gasteiger partial charge in [-0.15, -0.1) is 24.8 Å². The lowest BCUT2D eigenvalue weighted by atomic mass is 9.92. The van der Waals surface area contributed by atoms with Crippen molar-refractivity contribution in [3.05, 3.63) is 60.4 Å². The fourth-order valence-electron chi connectivity index (χ4n) is 3.98. The van der Waals surface area contributed by atoms with E-state index in [0.717, 1.165) is 48.5 Å². The SMILES string of the molecule is CC(N)C1CCCN(C(=O)Cn2c(COc3ccccc3)nc3ccccc32)C1.Cl.Cl. The molecule has 31 heavy (non-hydrogen) atoms. The summed E-state index contributed by atoms with van der Waals surface area (Å²) >= 11 is 0. The predicted molar refractivity (Wildman–Crippen MR) is 128 cm³/mol. The maximum Gasteiger partial charge on any atom is 0.242 e. The second kappa shape index (κ2) is 11.4. The molecule has 2 aromatic carbocycles. The van der Waals surface area contributed by atoms with Gasteiger partial charge in [-0.1, -0.05) is 30.3 Å². The average Bonchev–Trinajstić information content (AvgIpc) is 3.10. The normalized spacial score (nSPS) is 16.8. The van der Waals surface area contributed by atoms with Gasteiger partial charge in [-0.2, -0.15) is 0 Å². The lowest BCUT2D eigenvalue weighted by Crippen LogP contribution is -2.46. The van der Waals surface area contributed by atoms with Crippen molar-refractivity contribution < 1.29 is 9.53 Å². The Morgan fingerprint density at radius 2 is 1.87 bits per heavy atom. The van der Waals surface area contributed by atoms with Crippen LogP contribution in [0.5, 0.6) is 5.75 Å². The molecule has 1 aromatic heterocycles. The minimum absolute atomic E-state index is 0. The number of carbonyl (C=O) groups excluding carboxylic acids is 1. The molecule has 2 unspecified atom stereocenters. The van der Waals surface area contributed by atoms with Gasteiger partial charge in [-0.3, -0.25) is 4.79 Å². The third kappa shape index (κ3) is 5.91. The summed E-state index contributed by atoms with van der Waals surface area (Å²) in [5.41, 5.74) is 7.92. The monoisotopic (exact) mass is 464 g/mol. The molecule has 6 nitrogen and oxygen atoms in total. The summed E-state index contributed by atoms with van der Waals surface area (Å²) < 4.78 is 7.90. The van der Waals surface area contributed by atoms with Crippen LogP contribution in [0.25, 0.3) is 11.0 Å². The average molecular weight is 465 g/mol. The van der Waals surface area contributed by atoms with Gasteiger partial charge >= 0.3 is 0 Å². The number of likely N-dealkylation sites (tertiary alicyclic amines) is 1. The molecule has 168 valence electrons. The van der Waals surface area contributed by atoms with Crippen LogP contribution in [0, 0.1) is 5.92 Å². The molecule has 3 aromatic rings.